The van der Waals surface area contributed by atoms with Gasteiger partial charge in [-0.3, -0.25) is 4.79 Å². The lowest BCUT2D eigenvalue weighted by atomic mass is 10.2. The molecule has 0 spiro atoms. The van der Waals surface area contributed by atoms with Gasteiger partial charge in [-0.05, 0) is 31.0 Å². The first-order valence-electron chi connectivity index (χ1n) is 6.68. The SMILES string of the molecule is CNC(=O)CCCn1cccc1CNCC(C)C. The van der Waals surface area contributed by atoms with Crippen molar-refractivity contribution in [2.24, 2.45) is 5.92 Å². The van der Waals surface area contributed by atoms with E-state index in [9.17, 15) is 4.79 Å². The van der Waals surface area contributed by atoms with Crippen molar-refractivity contribution in [3.8, 4) is 0 Å². The molecule has 0 atom stereocenters. The van der Waals surface area contributed by atoms with Crippen LogP contribution in [0.4, 0.5) is 0 Å². The van der Waals surface area contributed by atoms with Crippen LogP contribution in [0.5, 0.6) is 0 Å². The fraction of sp³-hybridized carbons (Fsp3) is 0.643. The molecule has 1 aromatic heterocycles. The van der Waals surface area contributed by atoms with Crippen molar-refractivity contribution in [1.29, 1.82) is 0 Å². The largest absolute Gasteiger partial charge is 0.359 e. The Morgan fingerprint density at radius 2 is 2.22 bits per heavy atom. The van der Waals surface area contributed by atoms with Gasteiger partial charge in [-0.1, -0.05) is 13.8 Å². The molecule has 0 unspecified atom stereocenters. The Hall–Kier alpha value is -1.29. The number of aromatic nitrogens is 1. The maximum atomic E-state index is 11.1. The second-order valence-corrected chi connectivity index (χ2v) is 4.99. The standard InChI is InChI=1S/C14H25N3O/c1-12(2)10-16-11-13-6-4-8-17(13)9-5-7-14(18)15-3/h4,6,8,12,16H,5,7,9-11H2,1-3H3,(H,15,18). The van der Waals surface area contributed by atoms with Crippen LogP contribution in [0.1, 0.15) is 32.4 Å². The highest BCUT2D eigenvalue weighted by Gasteiger charge is 2.03. The molecule has 1 aromatic rings. The first-order chi connectivity index (χ1) is 8.63. The van der Waals surface area contributed by atoms with E-state index < -0.39 is 0 Å². The number of hydrogen-bond donors (Lipinski definition) is 2. The van der Waals surface area contributed by atoms with Gasteiger partial charge in [0.15, 0.2) is 0 Å². The van der Waals surface area contributed by atoms with Gasteiger partial charge < -0.3 is 15.2 Å². The van der Waals surface area contributed by atoms with Gasteiger partial charge >= 0.3 is 0 Å². The number of hydrogen-bond acceptors (Lipinski definition) is 2. The van der Waals surface area contributed by atoms with Crippen LogP contribution in [0.2, 0.25) is 0 Å². The molecule has 0 saturated heterocycles. The molecule has 1 rings (SSSR count). The molecule has 0 fully saturated rings. The smallest absolute Gasteiger partial charge is 0.219 e. The van der Waals surface area contributed by atoms with Crippen LogP contribution in [0, 0.1) is 5.92 Å². The summed E-state index contributed by atoms with van der Waals surface area (Å²) < 4.78 is 2.22. The molecule has 0 aromatic carbocycles. The second kappa shape index (κ2) is 7.93. The molecule has 102 valence electrons. The summed E-state index contributed by atoms with van der Waals surface area (Å²) in [5.41, 5.74) is 1.28. The number of amides is 1. The Balaban J connectivity index is 2.33. The molecular weight excluding hydrogens is 226 g/mol. The summed E-state index contributed by atoms with van der Waals surface area (Å²) in [6.07, 6.45) is 3.55. The first kappa shape index (κ1) is 14.8. The van der Waals surface area contributed by atoms with Crippen LogP contribution in [-0.2, 0) is 17.9 Å². The third-order valence-corrected chi connectivity index (χ3v) is 2.86. The minimum Gasteiger partial charge on any atom is -0.359 e. The van der Waals surface area contributed by atoms with E-state index in [0.29, 0.717) is 12.3 Å². The summed E-state index contributed by atoms with van der Waals surface area (Å²) >= 11 is 0. The van der Waals surface area contributed by atoms with Crippen LogP contribution in [-0.4, -0.2) is 24.1 Å². The Labute approximate surface area is 110 Å². The number of nitrogens with one attached hydrogen (secondary N) is 2. The van der Waals surface area contributed by atoms with E-state index in [1.54, 1.807) is 7.05 Å². The third-order valence-electron chi connectivity index (χ3n) is 2.86. The molecule has 1 amide bonds. The van der Waals surface area contributed by atoms with Gasteiger partial charge in [0, 0.05) is 38.4 Å². The van der Waals surface area contributed by atoms with Crippen molar-refractivity contribution >= 4 is 5.91 Å². The molecule has 0 bridgehead atoms. The maximum Gasteiger partial charge on any atom is 0.219 e. The zero-order valence-electron chi connectivity index (χ0n) is 11.7. The van der Waals surface area contributed by atoms with E-state index in [-0.39, 0.29) is 5.91 Å². The van der Waals surface area contributed by atoms with Crippen molar-refractivity contribution in [1.82, 2.24) is 15.2 Å². The Kier molecular flexibility index (Phi) is 6.50. The number of aryl methyl sites for hydroxylation is 1. The van der Waals surface area contributed by atoms with Gasteiger partial charge in [0.1, 0.15) is 0 Å². The fourth-order valence-corrected chi connectivity index (χ4v) is 1.85. The topological polar surface area (TPSA) is 46.1 Å². The van der Waals surface area contributed by atoms with Crippen molar-refractivity contribution < 1.29 is 4.79 Å². The normalized spacial score (nSPS) is 10.9. The minimum absolute atomic E-state index is 0.113. The lowest BCUT2D eigenvalue weighted by Crippen LogP contribution is -2.21. The predicted octanol–water partition coefficient (Wildman–Crippen LogP) is 1.76. The summed E-state index contributed by atoms with van der Waals surface area (Å²) in [6, 6.07) is 4.19. The number of carbonyl (C=O) groups is 1. The quantitative estimate of drug-likeness (QED) is 0.739. The van der Waals surface area contributed by atoms with Crippen LogP contribution in [0.25, 0.3) is 0 Å². The summed E-state index contributed by atoms with van der Waals surface area (Å²) in [4.78, 5) is 11.1. The molecule has 4 heteroatoms. The van der Waals surface area contributed by atoms with Crippen molar-refractivity contribution in [3.05, 3.63) is 24.0 Å². The molecule has 1 heterocycles. The van der Waals surface area contributed by atoms with E-state index >= 15 is 0 Å². The monoisotopic (exact) mass is 251 g/mol. The highest BCUT2D eigenvalue weighted by atomic mass is 16.1. The highest BCUT2D eigenvalue weighted by Crippen LogP contribution is 2.05. The Morgan fingerprint density at radius 1 is 1.44 bits per heavy atom. The zero-order chi connectivity index (χ0) is 13.4. The van der Waals surface area contributed by atoms with Gasteiger partial charge in [-0.2, -0.15) is 0 Å². The first-order valence-corrected chi connectivity index (χ1v) is 6.68. The third kappa shape index (κ3) is 5.36. The van der Waals surface area contributed by atoms with Crippen molar-refractivity contribution in [2.45, 2.75) is 39.8 Å². The molecule has 0 radical (unpaired) electrons. The van der Waals surface area contributed by atoms with Crippen LogP contribution in [0.15, 0.2) is 18.3 Å². The van der Waals surface area contributed by atoms with Crippen LogP contribution in [0.3, 0.4) is 0 Å². The minimum atomic E-state index is 0.113. The summed E-state index contributed by atoms with van der Waals surface area (Å²) in [5, 5.41) is 6.08. The molecular formula is C14H25N3O. The molecule has 18 heavy (non-hydrogen) atoms. The molecule has 0 aliphatic heterocycles. The van der Waals surface area contributed by atoms with Crippen molar-refractivity contribution in [3.63, 3.8) is 0 Å². The lowest BCUT2D eigenvalue weighted by Gasteiger charge is -2.11. The Bertz CT molecular complexity index is 358. The van der Waals surface area contributed by atoms with Gasteiger partial charge in [0.25, 0.3) is 0 Å². The number of rotatable bonds is 8. The summed E-state index contributed by atoms with van der Waals surface area (Å²) in [6.45, 7) is 7.23. The fourth-order valence-electron chi connectivity index (χ4n) is 1.85. The van der Waals surface area contributed by atoms with E-state index in [2.05, 4.69) is 47.4 Å². The van der Waals surface area contributed by atoms with Crippen molar-refractivity contribution in [2.75, 3.05) is 13.6 Å². The summed E-state index contributed by atoms with van der Waals surface area (Å²) in [5.74, 6) is 0.781. The van der Waals surface area contributed by atoms with Crippen LogP contribution < -0.4 is 10.6 Å². The molecule has 0 aliphatic rings. The van der Waals surface area contributed by atoms with Gasteiger partial charge in [0.05, 0.1) is 0 Å². The van der Waals surface area contributed by atoms with E-state index in [1.165, 1.54) is 5.69 Å². The number of carbonyl (C=O) groups excluding carboxylic acids is 1. The van der Waals surface area contributed by atoms with Gasteiger partial charge in [-0.25, -0.2) is 0 Å². The molecule has 0 saturated carbocycles. The van der Waals surface area contributed by atoms with E-state index in [1.807, 2.05) is 0 Å². The maximum absolute atomic E-state index is 11.1. The van der Waals surface area contributed by atoms with Crippen LogP contribution >= 0.6 is 0 Å². The average Bonchev–Trinajstić information content (AvgIpc) is 2.76. The van der Waals surface area contributed by atoms with E-state index in [4.69, 9.17) is 0 Å². The molecule has 2 N–H and O–H groups in total. The molecule has 0 aliphatic carbocycles. The molecule has 4 nitrogen and oxygen atoms in total. The lowest BCUT2D eigenvalue weighted by molar-refractivity contribution is -0.120. The Morgan fingerprint density at radius 3 is 2.89 bits per heavy atom. The number of nitrogens with zero attached hydrogens (tertiary/aromatic N) is 1. The van der Waals surface area contributed by atoms with Gasteiger partial charge in [0.2, 0.25) is 5.91 Å². The highest BCUT2D eigenvalue weighted by molar-refractivity contribution is 5.75. The summed E-state index contributed by atoms with van der Waals surface area (Å²) in [7, 11) is 1.68. The second-order valence-electron chi connectivity index (χ2n) is 4.99. The average molecular weight is 251 g/mol. The van der Waals surface area contributed by atoms with E-state index in [0.717, 1.165) is 26.1 Å². The zero-order valence-corrected chi connectivity index (χ0v) is 11.7. The predicted molar refractivity (Wildman–Crippen MR) is 74.3 cm³/mol. The van der Waals surface area contributed by atoms with Gasteiger partial charge in [-0.15, -0.1) is 0 Å².